The Balaban J connectivity index is 3.03. The van der Waals surface area contributed by atoms with E-state index in [1.165, 1.54) is 25.7 Å². The maximum absolute atomic E-state index is 9.47. The van der Waals surface area contributed by atoms with Crippen molar-refractivity contribution in [3.8, 4) is 0 Å². The third-order valence-corrected chi connectivity index (χ3v) is 2.23. The molecule has 1 unspecified atom stereocenters. The molecule has 2 heteroatoms. The van der Waals surface area contributed by atoms with Crippen molar-refractivity contribution in [2.24, 2.45) is 0 Å². The van der Waals surface area contributed by atoms with Crippen LogP contribution in [-0.4, -0.2) is 24.3 Å². The van der Waals surface area contributed by atoms with Crippen LogP contribution in [0.3, 0.4) is 0 Å². The summed E-state index contributed by atoms with van der Waals surface area (Å²) in [6, 6.07) is 0. The van der Waals surface area contributed by atoms with Crippen LogP contribution >= 0.6 is 0 Å². The van der Waals surface area contributed by atoms with Gasteiger partial charge in [0.2, 0.25) is 0 Å². The number of hydrogen-bond donors (Lipinski definition) is 2. The quantitative estimate of drug-likeness (QED) is 0.543. The molecule has 0 aromatic heterocycles. The minimum atomic E-state index is -0.137. The Labute approximate surface area is 82.7 Å². The summed E-state index contributed by atoms with van der Waals surface area (Å²) < 4.78 is 0. The minimum Gasteiger partial charge on any atom is -0.392 e. The fraction of sp³-hybridized carbons (Fsp3) is 1.00. The van der Waals surface area contributed by atoms with Crippen molar-refractivity contribution in [3.63, 3.8) is 0 Å². The van der Waals surface area contributed by atoms with E-state index in [1.807, 2.05) is 0 Å². The number of rotatable bonds is 9. The van der Waals surface area contributed by atoms with Crippen molar-refractivity contribution in [2.75, 3.05) is 13.1 Å². The Hall–Kier alpha value is -0.0800. The molecule has 0 aromatic carbocycles. The smallest absolute Gasteiger partial charge is 0.0664 e. The molecule has 13 heavy (non-hydrogen) atoms. The van der Waals surface area contributed by atoms with Gasteiger partial charge in [-0.1, -0.05) is 39.5 Å². The topological polar surface area (TPSA) is 32.3 Å². The van der Waals surface area contributed by atoms with E-state index >= 15 is 0 Å². The van der Waals surface area contributed by atoms with Gasteiger partial charge in [0.1, 0.15) is 0 Å². The van der Waals surface area contributed by atoms with Gasteiger partial charge in [0.05, 0.1) is 6.10 Å². The zero-order valence-corrected chi connectivity index (χ0v) is 9.18. The molecule has 0 spiro atoms. The molecule has 0 rings (SSSR count). The van der Waals surface area contributed by atoms with Crippen LogP contribution in [0.2, 0.25) is 0 Å². The maximum Gasteiger partial charge on any atom is 0.0664 e. The molecule has 0 fully saturated rings. The van der Waals surface area contributed by atoms with Crippen LogP contribution in [0.25, 0.3) is 0 Å². The predicted molar refractivity (Wildman–Crippen MR) is 57.9 cm³/mol. The largest absolute Gasteiger partial charge is 0.392 e. The van der Waals surface area contributed by atoms with E-state index in [1.54, 1.807) is 0 Å². The summed E-state index contributed by atoms with van der Waals surface area (Å²) in [7, 11) is 0. The Kier molecular flexibility index (Phi) is 9.94. The standard InChI is InChI=1S/C11H25NO/c1-3-5-7-9-12-10-11(13)8-6-4-2/h11-13H,3-10H2,1-2H3. The lowest BCUT2D eigenvalue weighted by molar-refractivity contribution is 0.158. The zero-order chi connectivity index (χ0) is 9.94. The van der Waals surface area contributed by atoms with E-state index in [-0.39, 0.29) is 6.10 Å². The summed E-state index contributed by atoms with van der Waals surface area (Å²) in [4.78, 5) is 0. The summed E-state index contributed by atoms with van der Waals surface area (Å²) in [5, 5.41) is 12.8. The second kappa shape index (κ2) is 10.0. The van der Waals surface area contributed by atoms with Crippen LogP contribution in [0.4, 0.5) is 0 Å². The molecule has 80 valence electrons. The first-order valence-electron chi connectivity index (χ1n) is 5.70. The highest BCUT2D eigenvalue weighted by Crippen LogP contribution is 1.99. The summed E-state index contributed by atoms with van der Waals surface area (Å²) in [6.45, 7) is 6.18. The molecule has 2 N–H and O–H groups in total. The molecule has 0 bridgehead atoms. The molecule has 0 saturated heterocycles. The lowest BCUT2D eigenvalue weighted by Gasteiger charge is -2.10. The van der Waals surface area contributed by atoms with Crippen molar-refractivity contribution in [2.45, 2.75) is 58.5 Å². The number of aliphatic hydroxyl groups is 1. The molecule has 0 saturated carbocycles. The molecule has 0 amide bonds. The Morgan fingerprint density at radius 2 is 1.77 bits per heavy atom. The minimum absolute atomic E-state index is 0.137. The van der Waals surface area contributed by atoms with E-state index in [4.69, 9.17) is 0 Å². The highest BCUT2D eigenvalue weighted by Gasteiger charge is 2.01. The Bertz CT molecular complexity index is 96.1. The normalized spacial score (nSPS) is 13.2. The van der Waals surface area contributed by atoms with Gasteiger partial charge in [-0.25, -0.2) is 0 Å². The number of aliphatic hydroxyl groups excluding tert-OH is 1. The average molecular weight is 187 g/mol. The van der Waals surface area contributed by atoms with Gasteiger partial charge in [-0.05, 0) is 19.4 Å². The van der Waals surface area contributed by atoms with Crippen LogP contribution in [-0.2, 0) is 0 Å². The molecule has 0 heterocycles. The first kappa shape index (κ1) is 12.9. The van der Waals surface area contributed by atoms with Gasteiger partial charge >= 0.3 is 0 Å². The van der Waals surface area contributed by atoms with E-state index in [2.05, 4.69) is 19.2 Å². The molecule has 1 atom stereocenters. The lowest BCUT2D eigenvalue weighted by Crippen LogP contribution is -2.27. The van der Waals surface area contributed by atoms with Gasteiger partial charge in [0, 0.05) is 6.54 Å². The highest BCUT2D eigenvalue weighted by molar-refractivity contribution is 4.59. The van der Waals surface area contributed by atoms with Crippen molar-refractivity contribution < 1.29 is 5.11 Å². The van der Waals surface area contributed by atoms with Gasteiger partial charge in [-0.15, -0.1) is 0 Å². The van der Waals surface area contributed by atoms with E-state index in [0.717, 1.165) is 25.9 Å². The second-order valence-electron chi connectivity index (χ2n) is 3.71. The third kappa shape index (κ3) is 9.84. The van der Waals surface area contributed by atoms with E-state index in [0.29, 0.717) is 0 Å². The summed E-state index contributed by atoms with van der Waals surface area (Å²) >= 11 is 0. The monoisotopic (exact) mass is 187 g/mol. The summed E-state index contributed by atoms with van der Waals surface area (Å²) in [6.07, 6.45) is 6.90. The van der Waals surface area contributed by atoms with Crippen molar-refractivity contribution >= 4 is 0 Å². The summed E-state index contributed by atoms with van der Waals surface area (Å²) in [5.74, 6) is 0. The fourth-order valence-electron chi connectivity index (χ4n) is 1.31. The molecular formula is C11H25NO. The van der Waals surface area contributed by atoms with Crippen molar-refractivity contribution in [1.29, 1.82) is 0 Å². The third-order valence-electron chi connectivity index (χ3n) is 2.23. The predicted octanol–water partition coefficient (Wildman–Crippen LogP) is 2.32. The van der Waals surface area contributed by atoms with Gasteiger partial charge in [0.25, 0.3) is 0 Å². The van der Waals surface area contributed by atoms with Gasteiger partial charge < -0.3 is 10.4 Å². The van der Waals surface area contributed by atoms with E-state index in [9.17, 15) is 5.11 Å². The van der Waals surface area contributed by atoms with Gasteiger partial charge in [-0.3, -0.25) is 0 Å². The van der Waals surface area contributed by atoms with Crippen LogP contribution < -0.4 is 5.32 Å². The van der Waals surface area contributed by atoms with Crippen LogP contribution in [0.15, 0.2) is 0 Å². The SMILES string of the molecule is CCCCCNCC(O)CCCC. The van der Waals surface area contributed by atoms with Crippen LogP contribution in [0.5, 0.6) is 0 Å². The molecular weight excluding hydrogens is 162 g/mol. The van der Waals surface area contributed by atoms with Crippen molar-refractivity contribution in [3.05, 3.63) is 0 Å². The van der Waals surface area contributed by atoms with Gasteiger partial charge in [-0.2, -0.15) is 0 Å². The van der Waals surface area contributed by atoms with E-state index < -0.39 is 0 Å². The van der Waals surface area contributed by atoms with Gasteiger partial charge in [0.15, 0.2) is 0 Å². The molecule has 0 aliphatic rings. The average Bonchev–Trinajstić information content (AvgIpc) is 2.14. The molecule has 0 radical (unpaired) electrons. The number of unbranched alkanes of at least 4 members (excludes halogenated alkanes) is 3. The molecule has 0 aromatic rings. The Morgan fingerprint density at radius 1 is 1.08 bits per heavy atom. The van der Waals surface area contributed by atoms with Crippen LogP contribution in [0, 0.1) is 0 Å². The fourth-order valence-corrected chi connectivity index (χ4v) is 1.31. The number of nitrogens with one attached hydrogen (secondary N) is 1. The molecule has 0 aliphatic heterocycles. The maximum atomic E-state index is 9.47. The zero-order valence-electron chi connectivity index (χ0n) is 9.18. The number of hydrogen-bond acceptors (Lipinski definition) is 2. The van der Waals surface area contributed by atoms with Crippen molar-refractivity contribution in [1.82, 2.24) is 5.32 Å². The lowest BCUT2D eigenvalue weighted by atomic mass is 10.1. The van der Waals surface area contributed by atoms with Crippen LogP contribution in [0.1, 0.15) is 52.4 Å². The second-order valence-corrected chi connectivity index (χ2v) is 3.71. The Morgan fingerprint density at radius 3 is 2.38 bits per heavy atom. The summed E-state index contributed by atoms with van der Waals surface area (Å²) in [5.41, 5.74) is 0. The first-order chi connectivity index (χ1) is 6.31. The first-order valence-corrected chi connectivity index (χ1v) is 5.70. The highest BCUT2D eigenvalue weighted by atomic mass is 16.3. The molecule has 2 nitrogen and oxygen atoms in total. The molecule has 0 aliphatic carbocycles.